The highest BCUT2D eigenvalue weighted by Gasteiger charge is 2.33. The number of aromatic nitrogens is 3. The van der Waals surface area contributed by atoms with E-state index in [4.69, 9.17) is 0 Å². The van der Waals surface area contributed by atoms with Gasteiger partial charge in [0.15, 0.2) is 0 Å². The average molecular weight is 252 g/mol. The fraction of sp³-hybridized carbons (Fsp3) is 0.727. The van der Waals surface area contributed by atoms with Crippen LogP contribution in [0.2, 0.25) is 0 Å². The molecular formula is C11H20N6O. The number of urea groups is 1. The zero-order valence-corrected chi connectivity index (χ0v) is 11.3. The first-order valence-electron chi connectivity index (χ1n) is 6.06. The molecule has 2 heterocycles. The van der Waals surface area contributed by atoms with E-state index in [-0.39, 0.29) is 17.6 Å². The number of nitrogens with one attached hydrogen (secondary N) is 2. The van der Waals surface area contributed by atoms with Gasteiger partial charge in [-0.05, 0) is 20.9 Å². The molecule has 1 fully saturated rings. The quantitative estimate of drug-likeness (QED) is 0.789. The van der Waals surface area contributed by atoms with E-state index in [1.807, 2.05) is 17.9 Å². The maximum absolute atomic E-state index is 11.3. The molecule has 2 amide bonds. The minimum atomic E-state index is -0.192. The van der Waals surface area contributed by atoms with Crippen molar-refractivity contribution < 1.29 is 4.79 Å². The van der Waals surface area contributed by atoms with Crippen molar-refractivity contribution >= 4 is 6.03 Å². The number of carbonyl (C=O) groups is 1. The van der Waals surface area contributed by atoms with E-state index < -0.39 is 0 Å². The molecular weight excluding hydrogens is 232 g/mol. The first-order valence-corrected chi connectivity index (χ1v) is 6.06. The third kappa shape index (κ3) is 2.17. The Morgan fingerprint density at radius 2 is 2.11 bits per heavy atom. The molecule has 7 nitrogen and oxygen atoms in total. The number of hydrogen-bond donors (Lipinski definition) is 2. The minimum absolute atomic E-state index is 0.0397. The smallest absolute Gasteiger partial charge is 0.317 e. The van der Waals surface area contributed by atoms with Gasteiger partial charge in [0.05, 0.1) is 17.8 Å². The van der Waals surface area contributed by atoms with Crippen LogP contribution >= 0.6 is 0 Å². The summed E-state index contributed by atoms with van der Waals surface area (Å²) in [7, 11) is 3.54. The molecule has 1 aromatic rings. The van der Waals surface area contributed by atoms with Crippen LogP contribution in [0.1, 0.15) is 25.6 Å². The van der Waals surface area contributed by atoms with Gasteiger partial charge in [0, 0.05) is 20.1 Å². The Balaban J connectivity index is 1.99. The van der Waals surface area contributed by atoms with Crippen LogP contribution in [0.4, 0.5) is 4.79 Å². The maximum Gasteiger partial charge on any atom is 0.317 e. The molecule has 0 saturated carbocycles. The van der Waals surface area contributed by atoms with Crippen molar-refractivity contribution in [2.75, 3.05) is 27.2 Å². The summed E-state index contributed by atoms with van der Waals surface area (Å²) >= 11 is 0. The van der Waals surface area contributed by atoms with Crippen LogP contribution < -0.4 is 10.6 Å². The van der Waals surface area contributed by atoms with E-state index in [9.17, 15) is 4.79 Å². The summed E-state index contributed by atoms with van der Waals surface area (Å²) in [6, 6.07) is 0.193. The third-order valence-electron chi connectivity index (χ3n) is 3.51. The van der Waals surface area contributed by atoms with Crippen molar-refractivity contribution in [2.24, 2.45) is 0 Å². The predicted molar refractivity (Wildman–Crippen MR) is 67.2 cm³/mol. The van der Waals surface area contributed by atoms with Gasteiger partial charge in [-0.25, -0.2) is 9.48 Å². The highest BCUT2D eigenvalue weighted by Crippen LogP contribution is 2.22. The van der Waals surface area contributed by atoms with Gasteiger partial charge < -0.3 is 15.5 Å². The Bertz CT molecular complexity index is 434. The summed E-state index contributed by atoms with van der Waals surface area (Å²) in [5.41, 5.74) is 0.714. The van der Waals surface area contributed by atoms with Gasteiger partial charge in [0.1, 0.15) is 5.69 Å². The highest BCUT2D eigenvalue weighted by molar-refractivity contribution is 5.74. The van der Waals surface area contributed by atoms with Gasteiger partial charge in [0.25, 0.3) is 0 Å². The molecule has 0 unspecified atom stereocenters. The van der Waals surface area contributed by atoms with Gasteiger partial charge in [-0.1, -0.05) is 5.21 Å². The lowest BCUT2D eigenvalue weighted by Crippen LogP contribution is -2.53. The van der Waals surface area contributed by atoms with Crippen LogP contribution in [0.15, 0.2) is 6.20 Å². The van der Waals surface area contributed by atoms with Gasteiger partial charge in [-0.3, -0.25) is 0 Å². The zero-order valence-electron chi connectivity index (χ0n) is 11.3. The number of likely N-dealkylation sites (tertiary alicyclic amines) is 1. The summed E-state index contributed by atoms with van der Waals surface area (Å²) in [6.07, 6.45) is 1.95. The maximum atomic E-state index is 11.3. The SMILES string of the molecule is CNC(=O)N1CC(n2cc(C(C)(C)NC)nn2)C1. The molecule has 100 valence electrons. The molecule has 0 aromatic carbocycles. The molecule has 2 N–H and O–H groups in total. The van der Waals surface area contributed by atoms with E-state index in [1.54, 1.807) is 11.9 Å². The molecule has 0 bridgehead atoms. The van der Waals surface area contributed by atoms with E-state index in [1.165, 1.54) is 0 Å². The fourth-order valence-electron chi connectivity index (χ4n) is 1.82. The van der Waals surface area contributed by atoms with Crippen LogP contribution in [0.5, 0.6) is 0 Å². The van der Waals surface area contributed by atoms with E-state index in [2.05, 4.69) is 34.8 Å². The summed E-state index contributed by atoms with van der Waals surface area (Å²) in [6.45, 7) is 5.48. The second-order valence-corrected chi connectivity index (χ2v) is 5.07. The van der Waals surface area contributed by atoms with Crippen molar-refractivity contribution in [3.05, 3.63) is 11.9 Å². The molecule has 0 atom stereocenters. The van der Waals surface area contributed by atoms with Crippen molar-refractivity contribution in [3.8, 4) is 0 Å². The summed E-state index contributed by atoms with van der Waals surface area (Å²) in [4.78, 5) is 13.1. The first kappa shape index (κ1) is 12.8. The largest absolute Gasteiger partial charge is 0.341 e. The molecule has 0 radical (unpaired) electrons. The first-order chi connectivity index (χ1) is 8.47. The molecule has 18 heavy (non-hydrogen) atoms. The molecule has 1 saturated heterocycles. The number of nitrogens with zero attached hydrogens (tertiary/aromatic N) is 4. The lowest BCUT2D eigenvalue weighted by molar-refractivity contribution is 0.119. The molecule has 2 rings (SSSR count). The molecule has 0 aliphatic carbocycles. The van der Waals surface area contributed by atoms with Gasteiger partial charge >= 0.3 is 6.03 Å². The summed E-state index contributed by atoms with van der Waals surface area (Å²) < 4.78 is 1.84. The molecule has 1 aliphatic rings. The second kappa shape index (κ2) is 4.56. The zero-order chi connectivity index (χ0) is 13.3. The van der Waals surface area contributed by atoms with Crippen LogP contribution in [0, 0.1) is 0 Å². The van der Waals surface area contributed by atoms with Crippen molar-refractivity contribution in [2.45, 2.75) is 25.4 Å². The van der Waals surface area contributed by atoms with Gasteiger partial charge in [0.2, 0.25) is 0 Å². The lowest BCUT2D eigenvalue weighted by atomic mass is 10.0. The minimum Gasteiger partial charge on any atom is -0.341 e. The highest BCUT2D eigenvalue weighted by atomic mass is 16.2. The third-order valence-corrected chi connectivity index (χ3v) is 3.51. The summed E-state index contributed by atoms with van der Waals surface area (Å²) in [5, 5.41) is 14.1. The second-order valence-electron chi connectivity index (χ2n) is 5.07. The van der Waals surface area contributed by atoms with E-state index in [0.717, 1.165) is 5.69 Å². The molecule has 1 aromatic heterocycles. The Hall–Kier alpha value is -1.63. The Morgan fingerprint density at radius 3 is 2.67 bits per heavy atom. The predicted octanol–water partition coefficient (Wildman–Crippen LogP) is -0.0713. The van der Waals surface area contributed by atoms with Crippen molar-refractivity contribution in [3.63, 3.8) is 0 Å². The number of carbonyl (C=O) groups excluding carboxylic acids is 1. The Morgan fingerprint density at radius 1 is 1.44 bits per heavy atom. The lowest BCUT2D eigenvalue weighted by Gasteiger charge is -2.38. The van der Waals surface area contributed by atoms with Crippen LogP contribution in [-0.2, 0) is 5.54 Å². The topological polar surface area (TPSA) is 75.1 Å². The van der Waals surface area contributed by atoms with Crippen LogP contribution in [0.3, 0.4) is 0 Å². The van der Waals surface area contributed by atoms with Gasteiger partial charge in [-0.2, -0.15) is 0 Å². The van der Waals surface area contributed by atoms with Crippen molar-refractivity contribution in [1.82, 2.24) is 30.5 Å². The number of amides is 2. The Labute approximate surface area is 107 Å². The summed E-state index contributed by atoms with van der Waals surface area (Å²) in [5.74, 6) is 0. The number of hydrogen-bond acceptors (Lipinski definition) is 4. The van der Waals surface area contributed by atoms with Crippen LogP contribution in [-0.4, -0.2) is 53.1 Å². The van der Waals surface area contributed by atoms with Gasteiger partial charge in [-0.15, -0.1) is 5.10 Å². The molecule has 0 spiro atoms. The molecule has 7 heteroatoms. The Kier molecular flexibility index (Phi) is 3.25. The van der Waals surface area contributed by atoms with Crippen LogP contribution in [0.25, 0.3) is 0 Å². The van der Waals surface area contributed by atoms with Crippen molar-refractivity contribution in [1.29, 1.82) is 0 Å². The standard InChI is InChI=1S/C11H20N6O/c1-11(2,13-4)9-7-17(15-14-9)8-5-16(6-8)10(18)12-3/h7-8,13H,5-6H2,1-4H3,(H,12,18). The van der Waals surface area contributed by atoms with E-state index in [0.29, 0.717) is 13.1 Å². The normalized spacial score (nSPS) is 16.6. The molecule has 1 aliphatic heterocycles. The monoisotopic (exact) mass is 252 g/mol. The number of rotatable bonds is 3. The van der Waals surface area contributed by atoms with E-state index >= 15 is 0 Å². The fourth-order valence-corrected chi connectivity index (χ4v) is 1.82. The average Bonchev–Trinajstić information content (AvgIpc) is 2.76.